The van der Waals surface area contributed by atoms with Crippen molar-refractivity contribution in [1.29, 1.82) is 0 Å². The zero-order valence-corrected chi connectivity index (χ0v) is 11.4. The van der Waals surface area contributed by atoms with Crippen molar-refractivity contribution in [3.63, 3.8) is 0 Å². The SMILES string of the molecule is CC(=O)NC1CCN(c2cncc(Br)c2)CC1. The normalized spacial score (nSPS) is 16.9. The van der Waals surface area contributed by atoms with E-state index in [4.69, 9.17) is 0 Å². The van der Waals surface area contributed by atoms with Gasteiger partial charge in [-0.25, -0.2) is 0 Å². The summed E-state index contributed by atoms with van der Waals surface area (Å²) in [5.74, 6) is 0.0626. The van der Waals surface area contributed by atoms with Gasteiger partial charge in [0.1, 0.15) is 0 Å². The maximum Gasteiger partial charge on any atom is 0.217 e. The van der Waals surface area contributed by atoms with Crippen LogP contribution in [0.5, 0.6) is 0 Å². The highest BCUT2D eigenvalue weighted by molar-refractivity contribution is 9.10. The molecule has 0 unspecified atom stereocenters. The topological polar surface area (TPSA) is 45.2 Å². The molecule has 0 aromatic carbocycles. The number of pyridine rings is 1. The number of amides is 1. The summed E-state index contributed by atoms with van der Waals surface area (Å²) in [5, 5.41) is 2.97. The van der Waals surface area contributed by atoms with Gasteiger partial charge in [-0.15, -0.1) is 0 Å². The first kappa shape index (κ1) is 12.4. The van der Waals surface area contributed by atoms with Crippen LogP contribution >= 0.6 is 15.9 Å². The lowest BCUT2D eigenvalue weighted by atomic mass is 10.0. The van der Waals surface area contributed by atoms with Crippen LogP contribution in [-0.4, -0.2) is 30.0 Å². The summed E-state index contributed by atoms with van der Waals surface area (Å²) in [6.45, 7) is 3.50. The Morgan fingerprint density at radius 3 is 2.76 bits per heavy atom. The quantitative estimate of drug-likeness (QED) is 0.907. The Balaban J connectivity index is 1.93. The van der Waals surface area contributed by atoms with E-state index in [9.17, 15) is 4.79 Å². The number of anilines is 1. The van der Waals surface area contributed by atoms with Crippen LogP contribution in [0.15, 0.2) is 22.9 Å². The fourth-order valence-corrected chi connectivity index (χ4v) is 2.50. The Morgan fingerprint density at radius 1 is 1.47 bits per heavy atom. The molecule has 0 aliphatic carbocycles. The zero-order chi connectivity index (χ0) is 12.3. The van der Waals surface area contributed by atoms with E-state index < -0.39 is 0 Å². The van der Waals surface area contributed by atoms with E-state index >= 15 is 0 Å². The largest absolute Gasteiger partial charge is 0.370 e. The van der Waals surface area contributed by atoms with E-state index in [2.05, 4.69) is 37.2 Å². The molecule has 1 aliphatic rings. The molecule has 0 saturated carbocycles. The Morgan fingerprint density at radius 2 is 2.18 bits per heavy atom. The second-order valence-corrected chi connectivity index (χ2v) is 5.24. The van der Waals surface area contributed by atoms with Crippen molar-refractivity contribution in [2.45, 2.75) is 25.8 Å². The summed E-state index contributed by atoms with van der Waals surface area (Å²) in [7, 11) is 0. The van der Waals surface area contributed by atoms with E-state index in [1.807, 2.05) is 6.20 Å². The molecule has 1 aromatic heterocycles. The maximum absolute atomic E-state index is 11.0. The third kappa shape index (κ3) is 3.43. The molecule has 1 aromatic rings. The van der Waals surface area contributed by atoms with Crippen LogP contribution in [0.2, 0.25) is 0 Å². The van der Waals surface area contributed by atoms with Crippen molar-refractivity contribution in [3.8, 4) is 0 Å². The zero-order valence-electron chi connectivity index (χ0n) is 9.82. The average Bonchev–Trinajstić information content (AvgIpc) is 2.29. The fraction of sp³-hybridized carbons (Fsp3) is 0.500. The summed E-state index contributed by atoms with van der Waals surface area (Å²) < 4.78 is 0.999. The molecule has 0 radical (unpaired) electrons. The molecule has 1 fully saturated rings. The van der Waals surface area contributed by atoms with Crippen LogP contribution in [0.25, 0.3) is 0 Å². The lowest BCUT2D eigenvalue weighted by Crippen LogP contribution is -2.44. The molecule has 1 aliphatic heterocycles. The molecule has 1 amide bonds. The molecule has 4 nitrogen and oxygen atoms in total. The summed E-state index contributed by atoms with van der Waals surface area (Å²) >= 11 is 3.43. The van der Waals surface area contributed by atoms with Gasteiger partial charge in [-0.05, 0) is 34.8 Å². The predicted molar refractivity (Wildman–Crippen MR) is 71.0 cm³/mol. The minimum absolute atomic E-state index is 0.0626. The van der Waals surface area contributed by atoms with E-state index in [-0.39, 0.29) is 5.91 Å². The van der Waals surface area contributed by atoms with Crippen molar-refractivity contribution in [1.82, 2.24) is 10.3 Å². The van der Waals surface area contributed by atoms with Crippen molar-refractivity contribution >= 4 is 27.5 Å². The number of hydrogen-bond acceptors (Lipinski definition) is 3. The molecule has 1 N–H and O–H groups in total. The summed E-state index contributed by atoms with van der Waals surface area (Å²) in [4.78, 5) is 17.4. The minimum Gasteiger partial charge on any atom is -0.370 e. The number of hydrogen-bond donors (Lipinski definition) is 1. The summed E-state index contributed by atoms with van der Waals surface area (Å²) in [5.41, 5.74) is 1.14. The third-order valence-electron chi connectivity index (χ3n) is 2.96. The lowest BCUT2D eigenvalue weighted by Gasteiger charge is -2.33. The van der Waals surface area contributed by atoms with Gasteiger partial charge in [0.25, 0.3) is 0 Å². The minimum atomic E-state index is 0.0626. The van der Waals surface area contributed by atoms with Gasteiger partial charge in [-0.1, -0.05) is 0 Å². The second kappa shape index (κ2) is 5.49. The van der Waals surface area contributed by atoms with Gasteiger partial charge in [0.15, 0.2) is 0 Å². The number of carbonyl (C=O) groups excluding carboxylic acids is 1. The number of aromatic nitrogens is 1. The van der Waals surface area contributed by atoms with Crippen LogP contribution in [0, 0.1) is 0 Å². The molecular weight excluding hydrogens is 282 g/mol. The van der Waals surface area contributed by atoms with Crippen LogP contribution in [-0.2, 0) is 4.79 Å². The first-order valence-electron chi connectivity index (χ1n) is 5.78. The number of rotatable bonds is 2. The van der Waals surface area contributed by atoms with Crippen LogP contribution in [0.4, 0.5) is 5.69 Å². The van der Waals surface area contributed by atoms with Crippen LogP contribution in [0.3, 0.4) is 0 Å². The highest BCUT2D eigenvalue weighted by Crippen LogP contribution is 2.22. The highest BCUT2D eigenvalue weighted by atomic mass is 79.9. The molecule has 92 valence electrons. The molecule has 2 heterocycles. The molecule has 2 rings (SSSR count). The van der Waals surface area contributed by atoms with Gasteiger partial charge < -0.3 is 10.2 Å². The first-order chi connectivity index (χ1) is 8.15. The number of piperidine rings is 1. The van der Waals surface area contributed by atoms with Crippen molar-refractivity contribution in [3.05, 3.63) is 22.9 Å². The monoisotopic (exact) mass is 297 g/mol. The molecule has 5 heteroatoms. The smallest absolute Gasteiger partial charge is 0.217 e. The van der Waals surface area contributed by atoms with E-state index in [0.717, 1.165) is 36.1 Å². The average molecular weight is 298 g/mol. The number of nitrogens with zero attached hydrogens (tertiary/aromatic N) is 2. The van der Waals surface area contributed by atoms with Gasteiger partial charge in [0, 0.05) is 36.7 Å². The fourth-order valence-electron chi connectivity index (χ4n) is 2.14. The van der Waals surface area contributed by atoms with Crippen molar-refractivity contribution in [2.24, 2.45) is 0 Å². The second-order valence-electron chi connectivity index (χ2n) is 4.32. The Hall–Kier alpha value is -1.10. The molecule has 1 saturated heterocycles. The van der Waals surface area contributed by atoms with E-state index in [1.54, 1.807) is 13.1 Å². The first-order valence-corrected chi connectivity index (χ1v) is 6.57. The Kier molecular flexibility index (Phi) is 3.99. The number of halogens is 1. The molecule has 0 atom stereocenters. The molecule has 17 heavy (non-hydrogen) atoms. The van der Waals surface area contributed by atoms with Crippen LogP contribution < -0.4 is 10.2 Å². The van der Waals surface area contributed by atoms with Gasteiger partial charge in [0.05, 0.1) is 11.9 Å². The van der Waals surface area contributed by atoms with E-state index in [0.29, 0.717) is 6.04 Å². The summed E-state index contributed by atoms with van der Waals surface area (Å²) in [6, 6.07) is 2.40. The highest BCUT2D eigenvalue weighted by Gasteiger charge is 2.19. The predicted octanol–water partition coefficient (Wildman–Crippen LogP) is 1.95. The standard InChI is InChI=1S/C12H16BrN3O/c1-9(17)15-11-2-4-16(5-3-11)12-6-10(13)7-14-8-12/h6-8,11H,2-5H2,1H3,(H,15,17). The van der Waals surface area contributed by atoms with Gasteiger partial charge in [0.2, 0.25) is 5.91 Å². The number of nitrogens with one attached hydrogen (secondary N) is 1. The van der Waals surface area contributed by atoms with Gasteiger partial charge in [-0.2, -0.15) is 0 Å². The van der Waals surface area contributed by atoms with Gasteiger partial charge in [-0.3, -0.25) is 9.78 Å². The van der Waals surface area contributed by atoms with Crippen LogP contribution in [0.1, 0.15) is 19.8 Å². The Labute approximate surface area is 110 Å². The summed E-state index contributed by atoms with van der Waals surface area (Å²) in [6.07, 6.45) is 5.65. The molecular formula is C12H16BrN3O. The van der Waals surface area contributed by atoms with Crippen molar-refractivity contribution < 1.29 is 4.79 Å². The molecule has 0 bridgehead atoms. The van der Waals surface area contributed by atoms with Gasteiger partial charge >= 0.3 is 0 Å². The lowest BCUT2D eigenvalue weighted by molar-refractivity contribution is -0.119. The number of carbonyl (C=O) groups is 1. The van der Waals surface area contributed by atoms with E-state index in [1.165, 1.54) is 0 Å². The maximum atomic E-state index is 11.0. The Bertz CT molecular complexity index is 402. The van der Waals surface area contributed by atoms with Crippen molar-refractivity contribution in [2.75, 3.05) is 18.0 Å². The third-order valence-corrected chi connectivity index (χ3v) is 3.39. The molecule has 0 spiro atoms.